The van der Waals surface area contributed by atoms with E-state index in [1.54, 1.807) is 24.5 Å². The number of benzene rings is 1. The third-order valence-electron chi connectivity index (χ3n) is 7.30. The van der Waals surface area contributed by atoms with E-state index in [4.69, 9.17) is 15.2 Å². The van der Waals surface area contributed by atoms with Crippen molar-refractivity contribution in [3.05, 3.63) is 77.8 Å². The molecule has 0 bridgehead atoms. The number of nitrogens with two attached hydrogens (primary N) is 1. The molecule has 1 saturated heterocycles. The highest BCUT2D eigenvalue weighted by molar-refractivity contribution is 6.18. The molecule has 0 aliphatic carbocycles. The topological polar surface area (TPSA) is 124 Å². The van der Waals surface area contributed by atoms with Gasteiger partial charge < -0.3 is 20.5 Å². The Morgan fingerprint density at radius 3 is 2.74 bits per heavy atom. The maximum absolute atomic E-state index is 15.5. The summed E-state index contributed by atoms with van der Waals surface area (Å²) in [5.41, 5.74) is 7.42. The van der Waals surface area contributed by atoms with E-state index < -0.39 is 22.1 Å². The van der Waals surface area contributed by atoms with E-state index >= 15 is 4.39 Å². The number of nitrogens with one attached hydrogen (secondary N) is 1. The highest BCUT2D eigenvalue weighted by Gasteiger charge is 2.49. The number of fused-ring (bicyclic) bond motifs is 1. The summed E-state index contributed by atoms with van der Waals surface area (Å²) in [6.45, 7) is 11.3. The molecule has 3 aliphatic heterocycles. The lowest BCUT2D eigenvalue weighted by atomic mass is 10.0. The van der Waals surface area contributed by atoms with Crippen molar-refractivity contribution in [3.63, 3.8) is 0 Å². The van der Waals surface area contributed by atoms with E-state index in [9.17, 15) is 9.59 Å². The van der Waals surface area contributed by atoms with Crippen molar-refractivity contribution in [3.8, 4) is 0 Å². The number of carbonyl (C=O) groups excluding carboxylic acids is 2. The summed E-state index contributed by atoms with van der Waals surface area (Å²) in [6, 6.07) is 4.04. The Bertz CT molecular complexity index is 1480. The first-order valence-corrected chi connectivity index (χ1v) is 14.0. The molecule has 0 saturated carbocycles. The number of aromatic nitrogens is 2. The summed E-state index contributed by atoms with van der Waals surface area (Å²) >= 11 is 0. The number of amidine groups is 1. The van der Waals surface area contributed by atoms with E-state index in [1.165, 1.54) is 24.4 Å². The molecule has 1 unspecified atom stereocenters. The third kappa shape index (κ3) is 6.26. The minimum absolute atomic E-state index is 0.0580. The van der Waals surface area contributed by atoms with Crippen LogP contribution in [-0.4, -0.2) is 83.9 Å². The van der Waals surface area contributed by atoms with E-state index in [0.29, 0.717) is 12.4 Å². The van der Waals surface area contributed by atoms with Gasteiger partial charge in [0, 0.05) is 61.7 Å². The number of primary amides is 1. The van der Waals surface area contributed by atoms with E-state index in [-0.39, 0.29) is 29.1 Å². The maximum atomic E-state index is 15.5. The Hall–Kier alpha value is -3.97. The molecule has 0 spiro atoms. The van der Waals surface area contributed by atoms with E-state index in [1.807, 2.05) is 31.6 Å². The number of hydrogen-bond acceptors (Lipinski definition) is 7. The van der Waals surface area contributed by atoms with Crippen LogP contribution in [0.1, 0.15) is 36.7 Å². The van der Waals surface area contributed by atoms with Crippen LogP contribution in [0.2, 0.25) is 0 Å². The van der Waals surface area contributed by atoms with Gasteiger partial charge in [-0.05, 0) is 38.5 Å². The summed E-state index contributed by atoms with van der Waals surface area (Å²) in [7, 11) is 0. The fourth-order valence-corrected chi connectivity index (χ4v) is 5.11. The predicted octanol–water partition coefficient (Wildman–Crippen LogP) is 2.56. The zero-order valence-corrected chi connectivity index (χ0v) is 24.2. The Kier molecular flexibility index (Phi) is 8.50. The van der Waals surface area contributed by atoms with Crippen LogP contribution in [0.25, 0.3) is 5.57 Å². The largest absolute Gasteiger partial charge is 0.379 e. The second-order valence-corrected chi connectivity index (χ2v) is 11.3. The van der Waals surface area contributed by atoms with Crippen molar-refractivity contribution in [1.82, 2.24) is 24.5 Å². The molecule has 2 aromatic rings. The van der Waals surface area contributed by atoms with Gasteiger partial charge in [0.2, 0.25) is 11.5 Å². The van der Waals surface area contributed by atoms with Crippen molar-refractivity contribution in [2.75, 3.05) is 46.0 Å². The molecule has 1 aromatic carbocycles. The average molecular weight is 579 g/mol. The number of allylic oxidation sites excluding steroid dienone is 2. The number of carbonyl (C=O) groups is 2. The van der Waals surface area contributed by atoms with E-state index in [2.05, 4.69) is 20.3 Å². The van der Waals surface area contributed by atoms with Gasteiger partial charge in [-0.1, -0.05) is 0 Å². The Morgan fingerprint density at radius 1 is 1.21 bits per heavy atom. The van der Waals surface area contributed by atoms with Crippen LogP contribution in [0.15, 0.2) is 65.8 Å². The standard InChI is InChI=1S/C30H36FN7O4/c1-30(2,3)42-13-7-33-29(40)22-4-5-24(31)25(16-22)38-12-6-21(17-27(38)34-19-26(38)28(32)39)23-18-35-37(20-23)9-8-36-10-14-41-15-11-36/h4-6,12,16-20H,7-11,13-15H2,1-3H3,(H2-,32,33,39,40)/p+1. The van der Waals surface area contributed by atoms with Crippen molar-refractivity contribution < 1.29 is 23.5 Å². The molecule has 1 atom stereocenters. The van der Waals surface area contributed by atoms with Gasteiger partial charge in [0.15, 0.2) is 11.5 Å². The third-order valence-corrected chi connectivity index (χ3v) is 7.30. The van der Waals surface area contributed by atoms with Crippen molar-refractivity contribution in [2.45, 2.75) is 32.9 Å². The molecule has 11 nitrogen and oxygen atoms in total. The summed E-state index contributed by atoms with van der Waals surface area (Å²) in [5, 5.41) is 7.30. The van der Waals surface area contributed by atoms with Crippen LogP contribution < -0.4 is 15.5 Å². The zero-order chi connectivity index (χ0) is 29.9. The molecule has 3 N–H and O–H groups in total. The number of amides is 2. The SMILES string of the molecule is CC(C)(C)OCCNC(=O)c1ccc(F)c([N+]23C=CC(c4cnn(CCN5CCOCC5)c4)=CC2=NC=C3C(N)=O)c1. The van der Waals surface area contributed by atoms with Gasteiger partial charge in [-0.25, -0.2) is 4.39 Å². The van der Waals surface area contributed by atoms with Crippen LogP contribution in [-0.2, 0) is 20.8 Å². The van der Waals surface area contributed by atoms with Gasteiger partial charge in [-0.3, -0.25) is 19.2 Å². The monoisotopic (exact) mass is 578 g/mol. The minimum Gasteiger partial charge on any atom is -0.379 e. The van der Waals surface area contributed by atoms with Crippen LogP contribution in [0.5, 0.6) is 0 Å². The molecule has 3 aliphatic rings. The van der Waals surface area contributed by atoms with Crippen LogP contribution in [0.3, 0.4) is 0 Å². The number of hydrogen-bond donors (Lipinski definition) is 2. The van der Waals surface area contributed by atoms with Crippen LogP contribution >= 0.6 is 0 Å². The molecule has 0 radical (unpaired) electrons. The number of morpholine rings is 1. The molecule has 1 fully saturated rings. The zero-order valence-electron chi connectivity index (χ0n) is 24.2. The first-order chi connectivity index (χ1) is 20.1. The second kappa shape index (κ2) is 12.1. The predicted molar refractivity (Wildman–Crippen MR) is 158 cm³/mol. The van der Waals surface area contributed by atoms with Gasteiger partial charge in [-0.15, -0.1) is 0 Å². The molecule has 1 aromatic heterocycles. The fraction of sp³-hybridized carbons (Fsp3) is 0.400. The number of aliphatic imine (C=N–C) groups is 1. The Labute approximate surface area is 244 Å². The summed E-state index contributed by atoms with van der Waals surface area (Å²) < 4.78 is 28.0. The van der Waals surface area contributed by atoms with Gasteiger partial charge in [0.25, 0.3) is 5.91 Å². The lowest BCUT2D eigenvalue weighted by Crippen LogP contribution is -2.50. The first kappa shape index (κ1) is 29.5. The highest BCUT2D eigenvalue weighted by Crippen LogP contribution is 2.41. The summed E-state index contributed by atoms with van der Waals surface area (Å²) in [4.78, 5) is 32.3. The smallest absolute Gasteiger partial charge is 0.305 e. The van der Waals surface area contributed by atoms with E-state index in [0.717, 1.165) is 50.5 Å². The minimum atomic E-state index is -0.750. The highest BCUT2D eigenvalue weighted by atomic mass is 19.1. The number of rotatable bonds is 10. The van der Waals surface area contributed by atoms with Crippen LogP contribution in [0, 0.1) is 5.82 Å². The lowest BCUT2D eigenvalue weighted by Gasteiger charge is -2.32. The van der Waals surface area contributed by atoms with Crippen molar-refractivity contribution in [2.24, 2.45) is 10.7 Å². The van der Waals surface area contributed by atoms with Gasteiger partial charge in [0.1, 0.15) is 12.4 Å². The fourth-order valence-electron chi connectivity index (χ4n) is 5.11. The molecule has 42 heavy (non-hydrogen) atoms. The number of nitrogens with zero attached hydrogens (tertiary/aromatic N) is 5. The quantitative estimate of drug-likeness (QED) is 0.330. The van der Waals surface area contributed by atoms with Gasteiger partial charge >= 0.3 is 5.91 Å². The Morgan fingerprint density at radius 2 is 2.00 bits per heavy atom. The molecule has 2 amide bonds. The average Bonchev–Trinajstić information content (AvgIpc) is 3.59. The normalized spacial score (nSPS) is 20.5. The van der Waals surface area contributed by atoms with Crippen molar-refractivity contribution >= 4 is 28.9 Å². The molecule has 4 heterocycles. The molecular formula is C30H37FN7O4+. The van der Waals surface area contributed by atoms with Gasteiger partial charge in [0.05, 0.1) is 38.2 Å². The van der Waals surface area contributed by atoms with Crippen molar-refractivity contribution in [1.29, 1.82) is 0 Å². The molecular weight excluding hydrogens is 541 g/mol. The summed E-state index contributed by atoms with van der Waals surface area (Å²) in [6.07, 6.45) is 10.3. The molecule has 5 rings (SSSR count). The molecule has 12 heteroatoms. The summed E-state index contributed by atoms with van der Waals surface area (Å²) in [5.74, 6) is -1.38. The maximum Gasteiger partial charge on any atom is 0.305 e. The Balaban J connectivity index is 1.37. The second-order valence-electron chi connectivity index (χ2n) is 11.3. The first-order valence-electron chi connectivity index (χ1n) is 14.0. The van der Waals surface area contributed by atoms with Crippen LogP contribution in [0.4, 0.5) is 10.1 Å². The van der Waals surface area contributed by atoms with Gasteiger partial charge in [-0.2, -0.15) is 14.6 Å². The number of quaternary nitrogens is 1. The molecule has 222 valence electrons. The number of halogens is 1. The lowest BCUT2D eigenvalue weighted by molar-refractivity contribution is -0.115. The number of ether oxygens (including phenoxy) is 2.